The minimum absolute atomic E-state index is 0.0982. The van der Waals surface area contributed by atoms with Crippen LogP contribution in [0.4, 0.5) is 0 Å². The van der Waals surface area contributed by atoms with Crippen LogP contribution in [-0.4, -0.2) is 23.4 Å². The molecule has 4 heteroatoms. The number of allylic oxidation sites excluding steroid dienone is 2. The molecule has 0 bridgehead atoms. The molecule has 0 saturated heterocycles. The van der Waals surface area contributed by atoms with Crippen LogP contribution in [0.5, 0.6) is 0 Å². The van der Waals surface area contributed by atoms with E-state index in [2.05, 4.69) is 23.5 Å². The van der Waals surface area contributed by atoms with Crippen molar-refractivity contribution in [3.8, 4) is 0 Å². The van der Waals surface area contributed by atoms with Gasteiger partial charge in [0.25, 0.3) is 0 Å². The maximum Gasteiger partial charge on any atom is 0.113 e. The molecule has 0 fully saturated rings. The Hall–Kier alpha value is -1.06. The lowest BCUT2D eigenvalue weighted by Gasteiger charge is -2.06. The zero-order valence-corrected chi connectivity index (χ0v) is 10.5. The fourth-order valence-electron chi connectivity index (χ4n) is 0.848. The van der Waals surface area contributed by atoms with Crippen molar-refractivity contribution in [2.75, 3.05) is 6.73 Å². The molecule has 2 N–H and O–H groups in total. The van der Waals surface area contributed by atoms with E-state index in [1.807, 2.05) is 19.9 Å². The normalized spacial score (nSPS) is 15.2. The Morgan fingerprint density at radius 1 is 1.50 bits per heavy atom. The average Bonchev–Trinajstić information content (AvgIpc) is 2.22. The molecule has 3 nitrogen and oxygen atoms in total. The van der Waals surface area contributed by atoms with Gasteiger partial charge in [0.1, 0.15) is 6.73 Å². The Bertz CT molecular complexity index is 295. The second-order valence-electron chi connectivity index (χ2n) is 3.45. The molecule has 0 amide bonds. The van der Waals surface area contributed by atoms with E-state index in [-0.39, 0.29) is 18.0 Å². The molecule has 0 spiro atoms. The van der Waals surface area contributed by atoms with Crippen LogP contribution >= 0.6 is 11.6 Å². The molecule has 2 atom stereocenters. The molecule has 2 unspecified atom stereocenters. The lowest BCUT2D eigenvalue weighted by atomic mass is 10.1. The largest absolute Gasteiger partial charge is 0.377 e. The molecular formula is C12H19ClN2O. The lowest BCUT2D eigenvalue weighted by molar-refractivity contribution is 0.276. The summed E-state index contributed by atoms with van der Waals surface area (Å²) in [4.78, 5) is 4.15. The summed E-state index contributed by atoms with van der Waals surface area (Å²) in [6.45, 7) is 11.2. The molecule has 0 aromatic rings. The zero-order chi connectivity index (χ0) is 12.6. The highest BCUT2D eigenvalue weighted by Gasteiger charge is 2.00. The number of hydrogen-bond acceptors (Lipinski definition) is 3. The van der Waals surface area contributed by atoms with E-state index in [9.17, 15) is 0 Å². The SMILES string of the molecule is C=C(/C=C\C(C)C(=C)/N=C\C(C)Cl)NCO. The highest BCUT2D eigenvalue weighted by molar-refractivity contribution is 6.27. The Morgan fingerprint density at radius 3 is 2.62 bits per heavy atom. The quantitative estimate of drug-likeness (QED) is 0.312. The summed E-state index contributed by atoms with van der Waals surface area (Å²) >= 11 is 5.73. The molecule has 0 rings (SSSR count). The van der Waals surface area contributed by atoms with Gasteiger partial charge in [-0.2, -0.15) is 0 Å². The van der Waals surface area contributed by atoms with Gasteiger partial charge < -0.3 is 10.4 Å². The summed E-state index contributed by atoms with van der Waals surface area (Å²) in [6, 6.07) is 0. The maximum absolute atomic E-state index is 8.59. The van der Waals surface area contributed by atoms with Gasteiger partial charge in [-0.1, -0.05) is 26.2 Å². The van der Waals surface area contributed by atoms with E-state index in [0.717, 1.165) is 5.70 Å². The van der Waals surface area contributed by atoms with Crippen molar-refractivity contribution in [3.05, 3.63) is 36.7 Å². The first-order chi connectivity index (χ1) is 7.47. The van der Waals surface area contributed by atoms with Gasteiger partial charge in [0.05, 0.1) is 5.38 Å². The number of aliphatic hydroxyl groups is 1. The third-order valence-corrected chi connectivity index (χ3v) is 1.98. The van der Waals surface area contributed by atoms with Crippen LogP contribution in [0.15, 0.2) is 41.7 Å². The average molecular weight is 243 g/mol. The molecule has 0 radical (unpaired) electrons. The maximum atomic E-state index is 8.59. The summed E-state index contributed by atoms with van der Waals surface area (Å²) in [6.07, 6.45) is 5.34. The molecular weight excluding hydrogens is 224 g/mol. The first kappa shape index (κ1) is 14.9. The highest BCUT2D eigenvalue weighted by atomic mass is 35.5. The molecule has 0 aliphatic carbocycles. The molecule has 0 aliphatic heterocycles. The van der Waals surface area contributed by atoms with Crippen molar-refractivity contribution >= 4 is 17.8 Å². The number of halogens is 1. The number of nitrogens with zero attached hydrogens (tertiary/aromatic N) is 1. The second kappa shape index (κ2) is 8.13. The lowest BCUT2D eigenvalue weighted by Crippen LogP contribution is -2.11. The molecule has 0 aliphatic rings. The van der Waals surface area contributed by atoms with E-state index < -0.39 is 0 Å². The second-order valence-corrected chi connectivity index (χ2v) is 4.14. The van der Waals surface area contributed by atoms with Crippen LogP contribution in [0, 0.1) is 5.92 Å². The van der Waals surface area contributed by atoms with Gasteiger partial charge in [-0.05, 0) is 13.0 Å². The summed E-state index contributed by atoms with van der Waals surface area (Å²) in [7, 11) is 0. The first-order valence-corrected chi connectivity index (χ1v) is 5.50. The summed E-state index contributed by atoms with van der Waals surface area (Å²) < 4.78 is 0. The first-order valence-electron chi connectivity index (χ1n) is 5.06. The minimum Gasteiger partial charge on any atom is -0.377 e. The molecule has 90 valence electrons. The number of aliphatic imine (C=N–C) groups is 1. The Balaban J connectivity index is 4.19. The van der Waals surface area contributed by atoms with Crippen molar-refractivity contribution < 1.29 is 5.11 Å². The van der Waals surface area contributed by atoms with E-state index in [0.29, 0.717) is 5.70 Å². The third kappa shape index (κ3) is 7.26. The van der Waals surface area contributed by atoms with Crippen LogP contribution in [0.3, 0.4) is 0 Å². The van der Waals surface area contributed by atoms with Gasteiger partial charge in [-0.25, -0.2) is 0 Å². The van der Waals surface area contributed by atoms with Gasteiger partial charge in [-0.15, -0.1) is 11.6 Å². The van der Waals surface area contributed by atoms with Crippen molar-refractivity contribution in [1.82, 2.24) is 5.32 Å². The monoisotopic (exact) mass is 242 g/mol. The predicted molar refractivity (Wildman–Crippen MR) is 70.6 cm³/mol. The zero-order valence-electron chi connectivity index (χ0n) is 9.78. The Morgan fingerprint density at radius 2 is 2.12 bits per heavy atom. The van der Waals surface area contributed by atoms with Crippen LogP contribution < -0.4 is 5.32 Å². The minimum atomic E-state index is -0.125. The fourth-order valence-corrected chi connectivity index (χ4v) is 0.904. The van der Waals surface area contributed by atoms with Crippen LogP contribution in [0.2, 0.25) is 0 Å². The van der Waals surface area contributed by atoms with Crippen molar-refractivity contribution in [1.29, 1.82) is 0 Å². The van der Waals surface area contributed by atoms with Crippen LogP contribution in [0.1, 0.15) is 13.8 Å². The molecule has 0 saturated carbocycles. The van der Waals surface area contributed by atoms with E-state index >= 15 is 0 Å². The number of hydrogen-bond donors (Lipinski definition) is 2. The predicted octanol–water partition coefficient (Wildman–Crippen LogP) is 2.44. The van der Waals surface area contributed by atoms with Crippen LogP contribution in [0.25, 0.3) is 0 Å². The van der Waals surface area contributed by atoms with Crippen LogP contribution in [-0.2, 0) is 0 Å². The number of aliphatic hydroxyl groups excluding tert-OH is 1. The van der Waals surface area contributed by atoms with Gasteiger partial charge in [0.15, 0.2) is 0 Å². The van der Waals surface area contributed by atoms with Gasteiger partial charge in [-0.3, -0.25) is 4.99 Å². The topological polar surface area (TPSA) is 44.6 Å². The summed E-state index contributed by atoms with van der Waals surface area (Å²) in [5.74, 6) is 0.101. The van der Waals surface area contributed by atoms with E-state index in [1.54, 1.807) is 12.3 Å². The smallest absolute Gasteiger partial charge is 0.113 e. The molecule has 0 aromatic heterocycles. The van der Waals surface area contributed by atoms with Crippen molar-refractivity contribution in [2.24, 2.45) is 10.9 Å². The molecule has 0 heterocycles. The molecule has 0 aromatic carbocycles. The van der Waals surface area contributed by atoms with Gasteiger partial charge in [0.2, 0.25) is 0 Å². The summed E-state index contributed by atoms with van der Waals surface area (Å²) in [5, 5.41) is 11.2. The summed E-state index contributed by atoms with van der Waals surface area (Å²) in [5.41, 5.74) is 1.39. The van der Waals surface area contributed by atoms with Crippen molar-refractivity contribution in [3.63, 3.8) is 0 Å². The van der Waals surface area contributed by atoms with E-state index in [1.165, 1.54) is 0 Å². The number of nitrogens with one attached hydrogen (secondary N) is 1. The van der Waals surface area contributed by atoms with Gasteiger partial charge in [0, 0.05) is 23.5 Å². The Kier molecular flexibility index (Phi) is 7.60. The number of alkyl halides is 1. The molecule has 16 heavy (non-hydrogen) atoms. The standard InChI is InChI=1S/C12H19ClN2O/c1-9(5-6-11(3)15-8-16)12(4)14-7-10(2)13/h5-7,9-10,15-16H,3-4,8H2,1-2H3/b6-5-,14-7-. The number of rotatable bonds is 7. The van der Waals surface area contributed by atoms with Crippen molar-refractivity contribution in [2.45, 2.75) is 19.2 Å². The Labute approximate surface area is 102 Å². The third-order valence-electron chi connectivity index (χ3n) is 1.86. The fraction of sp³-hybridized carbons (Fsp3) is 0.417. The van der Waals surface area contributed by atoms with E-state index in [4.69, 9.17) is 16.7 Å². The highest BCUT2D eigenvalue weighted by Crippen LogP contribution is 2.11. The van der Waals surface area contributed by atoms with Gasteiger partial charge >= 0.3 is 0 Å².